The molecule has 1 aliphatic heterocycles. The van der Waals surface area contributed by atoms with Gasteiger partial charge in [-0.25, -0.2) is 0 Å². The van der Waals surface area contributed by atoms with Crippen LogP contribution in [0, 0.1) is 0 Å². The summed E-state index contributed by atoms with van der Waals surface area (Å²) in [6, 6.07) is 5.97. The van der Waals surface area contributed by atoms with Crippen LogP contribution in [-0.2, 0) is 4.74 Å². The van der Waals surface area contributed by atoms with E-state index in [1.807, 2.05) is 18.2 Å². The number of morpholine rings is 1. The lowest BCUT2D eigenvalue weighted by Gasteiger charge is -2.31. The van der Waals surface area contributed by atoms with E-state index in [1.165, 1.54) is 0 Å². The summed E-state index contributed by atoms with van der Waals surface area (Å²) in [7, 11) is 1.63. The Bertz CT molecular complexity index is 370. The Morgan fingerprint density at radius 2 is 2.31 bits per heavy atom. The Hall–Kier alpha value is -0.770. The van der Waals surface area contributed by atoms with Crippen molar-refractivity contribution in [2.24, 2.45) is 0 Å². The number of hydrogen-bond donors (Lipinski definition) is 1. The molecule has 88 valence electrons. The van der Waals surface area contributed by atoms with Crippen LogP contribution < -0.4 is 10.1 Å². The van der Waals surface area contributed by atoms with E-state index in [-0.39, 0.29) is 12.1 Å². The molecule has 0 radical (unpaired) electrons. The number of nitrogens with one attached hydrogen (secondary N) is 1. The minimum atomic E-state index is 0.0205. The van der Waals surface area contributed by atoms with E-state index in [4.69, 9.17) is 21.1 Å². The fourth-order valence-electron chi connectivity index (χ4n) is 1.95. The highest BCUT2D eigenvalue weighted by Gasteiger charge is 2.25. The zero-order chi connectivity index (χ0) is 11.5. The van der Waals surface area contributed by atoms with Gasteiger partial charge in [0.15, 0.2) is 0 Å². The SMILES string of the molecule is COc1ccc(C2OCCNC2C)c(Cl)c1. The molecule has 1 aromatic rings. The molecule has 2 unspecified atom stereocenters. The van der Waals surface area contributed by atoms with Crippen molar-refractivity contribution in [3.05, 3.63) is 28.8 Å². The summed E-state index contributed by atoms with van der Waals surface area (Å²) in [6.45, 7) is 3.72. The molecule has 1 saturated heterocycles. The maximum Gasteiger partial charge on any atom is 0.120 e. The number of halogens is 1. The lowest BCUT2D eigenvalue weighted by Crippen LogP contribution is -2.41. The summed E-state index contributed by atoms with van der Waals surface area (Å²) in [4.78, 5) is 0. The molecule has 1 fully saturated rings. The first-order valence-corrected chi connectivity index (χ1v) is 5.78. The summed E-state index contributed by atoms with van der Waals surface area (Å²) in [5.74, 6) is 0.769. The van der Waals surface area contributed by atoms with Gasteiger partial charge in [-0.2, -0.15) is 0 Å². The van der Waals surface area contributed by atoms with Crippen molar-refractivity contribution in [3.63, 3.8) is 0 Å². The third-order valence-electron chi connectivity index (χ3n) is 2.83. The van der Waals surface area contributed by atoms with Gasteiger partial charge in [0.2, 0.25) is 0 Å². The molecule has 2 rings (SSSR count). The molecule has 1 aromatic carbocycles. The summed E-state index contributed by atoms with van der Waals surface area (Å²) in [6.07, 6.45) is 0.0205. The van der Waals surface area contributed by atoms with Crippen molar-refractivity contribution >= 4 is 11.6 Å². The fourth-order valence-corrected chi connectivity index (χ4v) is 2.23. The topological polar surface area (TPSA) is 30.5 Å². The van der Waals surface area contributed by atoms with Crippen LogP contribution >= 0.6 is 11.6 Å². The van der Waals surface area contributed by atoms with Crippen molar-refractivity contribution in [1.29, 1.82) is 0 Å². The molecule has 1 N–H and O–H groups in total. The van der Waals surface area contributed by atoms with Crippen LogP contribution in [0.15, 0.2) is 18.2 Å². The highest BCUT2D eigenvalue weighted by Crippen LogP contribution is 2.32. The molecule has 16 heavy (non-hydrogen) atoms. The largest absolute Gasteiger partial charge is 0.497 e. The van der Waals surface area contributed by atoms with E-state index >= 15 is 0 Å². The average molecular weight is 242 g/mol. The first-order valence-electron chi connectivity index (χ1n) is 5.41. The van der Waals surface area contributed by atoms with Crippen LogP contribution in [0.4, 0.5) is 0 Å². The fraction of sp³-hybridized carbons (Fsp3) is 0.500. The molecule has 0 saturated carbocycles. The van der Waals surface area contributed by atoms with Crippen molar-refractivity contribution in [2.75, 3.05) is 20.3 Å². The van der Waals surface area contributed by atoms with E-state index in [1.54, 1.807) is 7.11 Å². The maximum atomic E-state index is 6.22. The van der Waals surface area contributed by atoms with Crippen molar-refractivity contribution < 1.29 is 9.47 Å². The Morgan fingerprint density at radius 1 is 1.50 bits per heavy atom. The van der Waals surface area contributed by atoms with Gasteiger partial charge >= 0.3 is 0 Å². The van der Waals surface area contributed by atoms with Crippen molar-refractivity contribution in [2.45, 2.75) is 19.1 Å². The number of rotatable bonds is 2. The summed E-state index contributed by atoms with van der Waals surface area (Å²) in [5, 5.41) is 4.07. The highest BCUT2D eigenvalue weighted by atomic mass is 35.5. The monoisotopic (exact) mass is 241 g/mol. The first kappa shape index (κ1) is 11.7. The number of ether oxygens (including phenoxy) is 2. The predicted molar refractivity (Wildman–Crippen MR) is 64.2 cm³/mol. The smallest absolute Gasteiger partial charge is 0.120 e. The summed E-state index contributed by atoms with van der Waals surface area (Å²) in [5.41, 5.74) is 1.02. The van der Waals surface area contributed by atoms with Gasteiger partial charge in [-0.05, 0) is 19.1 Å². The molecule has 3 nitrogen and oxygen atoms in total. The standard InChI is InChI=1S/C12H16ClNO2/c1-8-12(16-6-5-14-8)10-4-3-9(15-2)7-11(10)13/h3-4,7-8,12,14H,5-6H2,1-2H3. The third kappa shape index (κ3) is 2.32. The Balaban J connectivity index is 2.25. The molecular weight excluding hydrogens is 226 g/mol. The normalized spacial score (nSPS) is 25.4. The third-order valence-corrected chi connectivity index (χ3v) is 3.16. The van der Waals surface area contributed by atoms with Gasteiger partial charge in [0.05, 0.1) is 24.8 Å². The maximum absolute atomic E-state index is 6.22. The first-order chi connectivity index (χ1) is 7.72. The molecule has 0 spiro atoms. The van der Waals surface area contributed by atoms with Crippen LogP contribution in [0.25, 0.3) is 0 Å². The van der Waals surface area contributed by atoms with Crippen LogP contribution in [0.3, 0.4) is 0 Å². The van der Waals surface area contributed by atoms with Gasteiger partial charge in [-0.3, -0.25) is 0 Å². The lowest BCUT2D eigenvalue weighted by molar-refractivity contribution is -0.000182. The van der Waals surface area contributed by atoms with Gasteiger partial charge in [-0.15, -0.1) is 0 Å². The molecule has 0 amide bonds. The van der Waals surface area contributed by atoms with Gasteiger partial charge in [0.1, 0.15) is 5.75 Å². The molecule has 1 aliphatic rings. The van der Waals surface area contributed by atoms with E-state index in [9.17, 15) is 0 Å². The van der Waals surface area contributed by atoms with Gasteiger partial charge in [-0.1, -0.05) is 17.7 Å². The van der Waals surface area contributed by atoms with Gasteiger partial charge < -0.3 is 14.8 Å². The van der Waals surface area contributed by atoms with Crippen LogP contribution in [0.5, 0.6) is 5.75 Å². The second-order valence-corrected chi connectivity index (χ2v) is 4.33. The van der Waals surface area contributed by atoms with E-state index in [2.05, 4.69) is 12.2 Å². The zero-order valence-corrected chi connectivity index (χ0v) is 10.3. The molecule has 0 aliphatic carbocycles. The molecule has 1 heterocycles. The number of methoxy groups -OCH3 is 1. The molecule has 2 atom stereocenters. The second kappa shape index (κ2) is 5.04. The van der Waals surface area contributed by atoms with E-state index in [0.717, 1.165) is 24.5 Å². The van der Waals surface area contributed by atoms with E-state index in [0.29, 0.717) is 5.02 Å². The van der Waals surface area contributed by atoms with Crippen molar-refractivity contribution in [3.8, 4) is 5.75 Å². The summed E-state index contributed by atoms with van der Waals surface area (Å²) >= 11 is 6.22. The molecule has 4 heteroatoms. The van der Waals surface area contributed by atoms with Crippen molar-refractivity contribution in [1.82, 2.24) is 5.32 Å². The van der Waals surface area contributed by atoms with Crippen LogP contribution in [0.2, 0.25) is 5.02 Å². The van der Waals surface area contributed by atoms with E-state index < -0.39 is 0 Å². The molecular formula is C12H16ClNO2. The predicted octanol–water partition coefficient (Wildman–Crippen LogP) is 2.40. The minimum Gasteiger partial charge on any atom is -0.497 e. The Labute approximate surface area is 101 Å². The molecule has 0 aromatic heterocycles. The summed E-state index contributed by atoms with van der Waals surface area (Å²) < 4.78 is 10.9. The average Bonchev–Trinajstić information content (AvgIpc) is 2.30. The lowest BCUT2D eigenvalue weighted by atomic mass is 10.0. The minimum absolute atomic E-state index is 0.0205. The number of benzene rings is 1. The second-order valence-electron chi connectivity index (χ2n) is 3.92. The van der Waals surface area contributed by atoms with Gasteiger partial charge in [0.25, 0.3) is 0 Å². The van der Waals surface area contributed by atoms with Gasteiger partial charge in [0, 0.05) is 18.2 Å². The van der Waals surface area contributed by atoms with Crippen LogP contribution in [-0.4, -0.2) is 26.3 Å². The van der Waals surface area contributed by atoms with Crippen LogP contribution in [0.1, 0.15) is 18.6 Å². The Morgan fingerprint density at radius 3 is 2.94 bits per heavy atom. The number of hydrogen-bond acceptors (Lipinski definition) is 3. The molecule has 0 bridgehead atoms. The quantitative estimate of drug-likeness (QED) is 0.863. The zero-order valence-electron chi connectivity index (χ0n) is 9.50. The Kier molecular flexibility index (Phi) is 3.69. The highest BCUT2D eigenvalue weighted by molar-refractivity contribution is 6.31.